The van der Waals surface area contributed by atoms with Crippen LogP contribution in [0.3, 0.4) is 0 Å². The highest BCUT2D eigenvalue weighted by atomic mass is 79.9. The van der Waals surface area contributed by atoms with Gasteiger partial charge in [-0.25, -0.2) is 0 Å². The van der Waals surface area contributed by atoms with Crippen molar-refractivity contribution >= 4 is 66.0 Å². The van der Waals surface area contributed by atoms with Crippen molar-refractivity contribution in [3.63, 3.8) is 0 Å². The molecule has 0 spiro atoms. The van der Waals surface area contributed by atoms with E-state index in [1.165, 1.54) is 11.1 Å². The molecule has 4 heteroatoms. The molecule has 1 heterocycles. The number of para-hydroxylation sites is 4. The van der Waals surface area contributed by atoms with Crippen molar-refractivity contribution < 1.29 is 0 Å². The first-order chi connectivity index (χ1) is 14.5. The molecule has 0 bridgehead atoms. The van der Waals surface area contributed by atoms with Crippen molar-refractivity contribution in [1.29, 1.82) is 0 Å². The van der Waals surface area contributed by atoms with E-state index in [1.807, 2.05) is 0 Å². The lowest BCUT2D eigenvalue weighted by Gasteiger charge is -2.41. The SMILES string of the molecule is Cc1ccc(N2c3ccccc3N(c3ccc(C)cc3Br)c3ccccc32)c(Br)c1. The first-order valence-corrected chi connectivity index (χ1v) is 11.4. The van der Waals surface area contributed by atoms with Gasteiger partial charge in [-0.3, -0.25) is 0 Å². The average molecular weight is 520 g/mol. The lowest BCUT2D eigenvalue weighted by molar-refractivity contribution is 1.16. The molecule has 4 aromatic rings. The maximum Gasteiger partial charge on any atom is 0.0703 e. The Hall–Kier alpha value is -2.56. The first-order valence-electron chi connectivity index (χ1n) is 9.85. The van der Waals surface area contributed by atoms with Gasteiger partial charge in [0, 0.05) is 8.95 Å². The third-order valence-corrected chi connectivity index (χ3v) is 6.69. The van der Waals surface area contributed by atoms with Crippen molar-refractivity contribution in [2.24, 2.45) is 0 Å². The molecule has 1 aliphatic heterocycles. The number of benzene rings is 4. The normalized spacial score (nSPS) is 12.5. The largest absolute Gasteiger partial charge is 0.305 e. The Labute approximate surface area is 194 Å². The zero-order valence-electron chi connectivity index (χ0n) is 16.7. The number of nitrogens with zero attached hydrogens (tertiary/aromatic N) is 2. The van der Waals surface area contributed by atoms with Gasteiger partial charge in [-0.2, -0.15) is 0 Å². The second-order valence-electron chi connectivity index (χ2n) is 7.56. The molecular formula is C26H20Br2N2. The highest BCUT2D eigenvalue weighted by molar-refractivity contribution is 9.11. The van der Waals surface area contributed by atoms with Crippen LogP contribution < -0.4 is 9.80 Å². The molecular weight excluding hydrogens is 500 g/mol. The number of fused-ring (bicyclic) bond motifs is 2. The van der Waals surface area contributed by atoms with E-state index in [1.54, 1.807) is 0 Å². The second kappa shape index (κ2) is 7.60. The molecule has 0 unspecified atom stereocenters. The first kappa shape index (κ1) is 19.4. The van der Waals surface area contributed by atoms with Crippen LogP contribution in [-0.2, 0) is 0 Å². The minimum atomic E-state index is 1.08. The van der Waals surface area contributed by atoms with Crippen molar-refractivity contribution in [3.05, 3.63) is 105 Å². The summed E-state index contributed by atoms with van der Waals surface area (Å²) >= 11 is 7.61. The van der Waals surface area contributed by atoms with Crippen molar-refractivity contribution in [2.45, 2.75) is 13.8 Å². The van der Waals surface area contributed by atoms with E-state index in [2.05, 4.69) is 140 Å². The maximum atomic E-state index is 3.80. The lowest BCUT2D eigenvalue weighted by Crippen LogP contribution is -2.24. The number of halogens is 2. The molecule has 0 atom stereocenters. The molecule has 0 aromatic heterocycles. The fourth-order valence-electron chi connectivity index (χ4n) is 4.05. The number of rotatable bonds is 2. The highest BCUT2D eigenvalue weighted by Crippen LogP contribution is 2.55. The zero-order valence-corrected chi connectivity index (χ0v) is 19.9. The van der Waals surface area contributed by atoms with Crippen molar-refractivity contribution in [3.8, 4) is 0 Å². The monoisotopic (exact) mass is 518 g/mol. The molecule has 2 nitrogen and oxygen atoms in total. The van der Waals surface area contributed by atoms with Crippen molar-refractivity contribution in [2.75, 3.05) is 9.80 Å². The number of hydrogen-bond acceptors (Lipinski definition) is 2. The molecule has 0 N–H and O–H groups in total. The van der Waals surface area contributed by atoms with Crippen LogP contribution in [-0.4, -0.2) is 0 Å². The minimum Gasteiger partial charge on any atom is -0.305 e. The molecule has 0 saturated heterocycles. The van der Waals surface area contributed by atoms with E-state index in [4.69, 9.17) is 0 Å². The van der Waals surface area contributed by atoms with Gasteiger partial charge in [-0.05, 0) is 105 Å². The predicted octanol–water partition coefficient (Wildman–Crippen LogP) is 9.08. The van der Waals surface area contributed by atoms with Gasteiger partial charge in [0.05, 0.1) is 34.1 Å². The summed E-state index contributed by atoms with van der Waals surface area (Å²) in [6.07, 6.45) is 0. The Morgan fingerprint density at radius 3 is 1.10 bits per heavy atom. The molecule has 1 aliphatic rings. The van der Waals surface area contributed by atoms with E-state index in [0.717, 1.165) is 43.1 Å². The van der Waals surface area contributed by atoms with Gasteiger partial charge in [0.15, 0.2) is 0 Å². The molecule has 4 aromatic carbocycles. The van der Waals surface area contributed by atoms with Gasteiger partial charge in [-0.1, -0.05) is 36.4 Å². The summed E-state index contributed by atoms with van der Waals surface area (Å²) in [6.45, 7) is 4.23. The third kappa shape index (κ3) is 3.15. The number of aryl methyl sites for hydroxylation is 2. The summed E-state index contributed by atoms with van der Waals surface area (Å²) in [7, 11) is 0. The molecule has 0 fully saturated rings. The Bertz CT molecular complexity index is 1120. The highest BCUT2D eigenvalue weighted by Gasteiger charge is 2.31. The van der Waals surface area contributed by atoms with Gasteiger partial charge < -0.3 is 9.80 Å². The minimum absolute atomic E-state index is 1.08. The maximum absolute atomic E-state index is 3.80. The Morgan fingerprint density at radius 2 is 0.800 bits per heavy atom. The van der Waals surface area contributed by atoms with Crippen LogP contribution in [0.1, 0.15) is 11.1 Å². The van der Waals surface area contributed by atoms with E-state index in [9.17, 15) is 0 Å². The molecule has 0 aliphatic carbocycles. The van der Waals surface area contributed by atoms with Gasteiger partial charge in [0.1, 0.15) is 0 Å². The summed E-state index contributed by atoms with van der Waals surface area (Å²) in [4.78, 5) is 4.68. The van der Waals surface area contributed by atoms with Gasteiger partial charge in [-0.15, -0.1) is 0 Å². The fraction of sp³-hybridized carbons (Fsp3) is 0.0769. The summed E-state index contributed by atoms with van der Waals surface area (Å²) in [5, 5.41) is 0. The number of anilines is 6. The van der Waals surface area contributed by atoms with E-state index in [0.29, 0.717) is 0 Å². The van der Waals surface area contributed by atoms with Crippen LogP contribution in [0, 0.1) is 13.8 Å². The van der Waals surface area contributed by atoms with E-state index < -0.39 is 0 Å². The molecule has 30 heavy (non-hydrogen) atoms. The van der Waals surface area contributed by atoms with Gasteiger partial charge >= 0.3 is 0 Å². The van der Waals surface area contributed by atoms with Crippen LogP contribution in [0.5, 0.6) is 0 Å². The van der Waals surface area contributed by atoms with Crippen LogP contribution in [0.2, 0.25) is 0 Å². The molecule has 148 valence electrons. The predicted molar refractivity (Wildman–Crippen MR) is 134 cm³/mol. The standard InChI is InChI=1S/C26H20Br2N2/c1-17-11-13-21(19(27)15-17)29-23-7-3-5-9-25(23)30(26-10-6-4-8-24(26)29)22-14-12-18(2)16-20(22)28/h3-16H,1-2H3. The third-order valence-electron chi connectivity index (χ3n) is 5.42. The smallest absolute Gasteiger partial charge is 0.0703 e. The van der Waals surface area contributed by atoms with E-state index in [-0.39, 0.29) is 0 Å². The quantitative estimate of drug-likeness (QED) is 0.229. The number of hydrogen-bond donors (Lipinski definition) is 0. The van der Waals surface area contributed by atoms with Crippen LogP contribution in [0.15, 0.2) is 93.9 Å². The summed E-state index contributed by atoms with van der Waals surface area (Å²) < 4.78 is 2.16. The Balaban J connectivity index is 1.80. The summed E-state index contributed by atoms with van der Waals surface area (Å²) in [5.41, 5.74) is 9.30. The van der Waals surface area contributed by atoms with Crippen LogP contribution in [0.4, 0.5) is 34.1 Å². The van der Waals surface area contributed by atoms with Gasteiger partial charge in [0.2, 0.25) is 0 Å². The molecule has 0 radical (unpaired) electrons. The van der Waals surface area contributed by atoms with Gasteiger partial charge in [0.25, 0.3) is 0 Å². The summed E-state index contributed by atoms with van der Waals surface area (Å²) in [6, 6.07) is 30.2. The summed E-state index contributed by atoms with van der Waals surface area (Å²) in [5.74, 6) is 0. The second-order valence-corrected chi connectivity index (χ2v) is 9.27. The Kier molecular flexibility index (Phi) is 4.92. The zero-order chi connectivity index (χ0) is 20.8. The Morgan fingerprint density at radius 1 is 0.467 bits per heavy atom. The molecule has 0 amide bonds. The topological polar surface area (TPSA) is 6.48 Å². The molecule has 5 rings (SSSR count). The lowest BCUT2D eigenvalue weighted by atomic mass is 10.0. The van der Waals surface area contributed by atoms with Crippen LogP contribution >= 0.6 is 31.9 Å². The average Bonchev–Trinajstić information content (AvgIpc) is 2.73. The molecule has 0 saturated carbocycles. The van der Waals surface area contributed by atoms with E-state index >= 15 is 0 Å². The fourth-order valence-corrected chi connectivity index (χ4v) is 5.39. The van der Waals surface area contributed by atoms with Crippen molar-refractivity contribution in [1.82, 2.24) is 0 Å². The van der Waals surface area contributed by atoms with Crippen LogP contribution in [0.25, 0.3) is 0 Å².